The second kappa shape index (κ2) is 4.71. The molecule has 0 saturated heterocycles. The standard InChI is InChI=1S/C16H13F2NO/c17-12-3-1-11(2-4-12)16(9-10-16)15(20)19-14-7-5-13(18)6-8-14/h1-8H,9-10H2,(H,19,20). The van der Waals surface area contributed by atoms with Crippen molar-refractivity contribution in [3.05, 3.63) is 65.7 Å². The molecule has 0 spiro atoms. The monoisotopic (exact) mass is 273 g/mol. The van der Waals surface area contributed by atoms with E-state index in [9.17, 15) is 13.6 Å². The van der Waals surface area contributed by atoms with Gasteiger partial charge in [-0.15, -0.1) is 0 Å². The van der Waals surface area contributed by atoms with Crippen LogP contribution in [-0.4, -0.2) is 5.91 Å². The summed E-state index contributed by atoms with van der Waals surface area (Å²) in [5.41, 5.74) is 0.811. The summed E-state index contributed by atoms with van der Waals surface area (Å²) in [6, 6.07) is 11.7. The average Bonchev–Trinajstić information content (AvgIpc) is 3.24. The lowest BCUT2D eigenvalue weighted by Gasteiger charge is -2.15. The Labute approximate surface area is 115 Å². The van der Waals surface area contributed by atoms with E-state index >= 15 is 0 Å². The number of rotatable bonds is 3. The molecule has 1 N–H and O–H groups in total. The van der Waals surface area contributed by atoms with E-state index < -0.39 is 5.41 Å². The van der Waals surface area contributed by atoms with Crippen LogP contribution in [0.1, 0.15) is 18.4 Å². The van der Waals surface area contributed by atoms with Crippen molar-refractivity contribution >= 4 is 11.6 Å². The minimum atomic E-state index is -0.567. The van der Waals surface area contributed by atoms with E-state index in [1.54, 1.807) is 12.1 Å². The third-order valence-electron chi connectivity index (χ3n) is 3.68. The summed E-state index contributed by atoms with van der Waals surface area (Å²) in [4.78, 5) is 12.4. The van der Waals surface area contributed by atoms with Crippen molar-refractivity contribution in [1.82, 2.24) is 0 Å². The van der Waals surface area contributed by atoms with Crippen LogP contribution in [0.25, 0.3) is 0 Å². The van der Waals surface area contributed by atoms with Crippen LogP contribution >= 0.6 is 0 Å². The maximum atomic E-state index is 12.9. The number of hydrogen-bond acceptors (Lipinski definition) is 1. The first-order valence-corrected chi connectivity index (χ1v) is 6.43. The number of halogens is 2. The summed E-state index contributed by atoms with van der Waals surface area (Å²) in [5, 5.41) is 2.79. The lowest BCUT2D eigenvalue weighted by molar-refractivity contribution is -0.118. The normalized spacial score (nSPS) is 15.7. The molecule has 2 aromatic carbocycles. The molecule has 1 fully saturated rings. The van der Waals surface area contributed by atoms with Crippen LogP contribution < -0.4 is 5.32 Å². The fourth-order valence-corrected chi connectivity index (χ4v) is 2.32. The largest absolute Gasteiger partial charge is 0.325 e. The quantitative estimate of drug-likeness (QED) is 0.909. The summed E-state index contributed by atoms with van der Waals surface area (Å²) in [7, 11) is 0. The van der Waals surface area contributed by atoms with Gasteiger partial charge in [-0.05, 0) is 54.8 Å². The Morgan fingerprint density at radius 1 is 0.900 bits per heavy atom. The second-order valence-electron chi connectivity index (χ2n) is 5.05. The molecule has 0 bridgehead atoms. The van der Waals surface area contributed by atoms with Crippen molar-refractivity contribution in [2.75, 3.05) is 5.32 Å². The van der Waals surface area contributed by atoms with Crippen LogP contribution in [0.3, 0.4) is 0 Å². The Balaban J connectivity index is 1.79. The Hall–Kier alpha value is -2.23. The van der Waals surface area contributed by atoms with Crippen LogP contribution in [0.4, 0.5) is 14.5 Å². The van der Waals surface area contributed by atoms with Crippen molar-refractivity contribution in [3.8, 4) is 0 Å². The molecule has 0 aromatic heterocycles. The average molecular weight is 273 g/mol. The number of benzene rings is 2. The highest BCUT2D eigenvalue weighted by Crippen LogP contribution is 2.49. The van der Waals surface area contributed by atoms with Gasteiger partial charge < -0.3 is 5.32 Å². The van der Waals surface area contributed by atoms with E-state index in [-0.39, 0.29) is 17.5 Å². The Morgan fingerprint density at radius 2 is 1.40 bits per heavy atom. The molecule has 1 amide bonds. The van der Waals surface area contributed by atoms with Crippen LogP contribution in [-0.2, 0) is 10.2 Å². The predicted octanol–water partition coefficient (Wildman–Crippen LogP) is 3.64. The predicted molar refractivity (Wildman–Crippen MR) is 72.3 cm³/mol. The summed E-state index contributed by atoms with van der Waals surface area (Å²) >= 11 is 0. The lowest BCUT2D eigenvalue weighted by Crippen LogP contribution is -2.27. The van der Waals surface area contributed by atoms with Crippen LogP contribution in [0.5, 0.6) is 0 Å². The Morgan fingerprint density at radius 3 is 1.90 bits per heavy atom. The first-order valence-electron chi connectivity index (χ1n) is 6.43. The zero-order valence-corrected chi connectivity index (χ0v) is 10.7. The highest BCUT2D eigenvalue weighted by atomic mass is 19.1. The van der Waals surface area contributed by atoms with Gasteiger partial charge in [0.25, 0.3) is 0 Å². The van der Waals surface area contributed by atoms with Crippen LogP contribution in [0, 0.1) is 11.6 Å². The Bertz CT molecular complexity index is 631. The smallest absolute Gasteiger partial charge is 0.235 e. The van der Waals surface area contributed by atoms with Gasteiger partial charge in [0.2, 0.25) is 5.91 Å². The molecule has 0 unspecified atom stereocenters. The van der Waals surface area contributed by atoms with Crippen molar-refractivity contribution in [1.29, 1.82) is 0 Å². The minimum absolute atomic E-state index is 0.129. The maximum Gasteiger partial charge on any atom is 0.235 e. The molecule has 20 heavy (non-hydrogen) atoms. The first kappa shape index (κ1) is 12.8. The number of hydrogen-bond donors (Lipinski definition) is 1. The van der Waals surface area contributed by atoms with Gasteiger partial charge in [0, 0.05) is 5.69 Å². The second-order valence-corrected chi connectivity index (χ2v) is 5.05. The summed E-state index contributed by atoms with van der Waals surface area (Å²) in [6.45, 7) is 0. The van der Waals surface area contributed by atoms with E-state index in [0.29, 0.717) is 5.69 Å². The third kappa shape index (κ3) is 2.29. The molecule has 0 radical (unpaired) electrons. The molecule has 4 heteroatoms. The molecule has 2 nitrogen and oxygen atoms in total. The number of carbonyl (C=O) groups is 1. The SMILES string of the molecule is O=C(Nc1ccc(F)cc1)C1(c2ccc(F)cc2)CC1. The van der Waals surface area contributed by atoms with Crippen LogP contribution in [0.15, 0.2) is 48.5 Å². The fraction of sp³-hybridized carbons (Fsp3) is 0.188. The zero-order valence-electron chi connectivity index (χ0n) is 10.7. The molecule has 0 heterocycles. The molecular formula is C16H13F2NO. The molecule has 0 atom stereocenters. The molecule has 1 saturated carbocycles. The van der Waals surface area contributed by atoms with Gasteiger partial charge in [-0.1, -0.05) is 12.1 Å². The van der Waals surface area contributed by atoms with Gasteiger partial charge in [-0.2, -0.15) is 0 Å². The van der Waals surface area contributed by atoms with Gasteiger partial charge in [0.05, 0.1) is 5.41 Å². The summed E-state index contributed by atoms with van der Waals surface area (Å²) < 4.78 is 25.8. The molecule has 0 aliphatic heterocycles. The van der Waals surface area contributed by atoms with Crippen LogP contribution in [0.2, 0.25) is 0 Å². The van der Waals surface area contributed by atoms with Crippen molar-refractivity contribution in [3.63, 3.8) is 0 Å². The van der Waals surface area contributed by atoms with Crippen molar-refractivity contribution in [2.24, 2.45) is 0 Å². The van der Waals surface area contributed by atoms with Crippen molar-refractivity contribution in [2.45, 2.75) is 18.3 Å². The highest BCUT2D eigenvalue weighted by Gasteiger charge is 2.51. The van der Waals surface area contributed by atoms with Gasteiger partial charge in [-0.25, -0.2) is 8.78 Å². The minimum Gasteiger partial charge on any atom is -0.325 e. The molecular weight excluding hydrogens is 260 g/mol. The Kier molecular flexibility index (Phi) is 3.01. The molecule has 3 rings (SSSR count). The van der Waals surface area contributed by atoms with Gasteiger partial charge in [-0.3, -0.25) is 4.79 Å². The molecule has 1 aliphatic rings. The van der Waals surface area contributed by atoms with Gasteiger partial charge >= 0.3 is 0 Å². The summed E-state index contributed by atoms with van der Waals surface area (Å²) in [6.07, 6.45) is 1.48. The fourth-order valence-electron chi connectivity index (χ4n) is 2.32. The lowest BCUT2D eigenvalue weighted by atomic mass is 9.95. The van der Waals surface area contributed by atoms with E-state index in [1.165, 1.54) is 36.4 Å². The topological polar surface area (TPSA) is 29.1 Å². The number of nitrogens with one attached hydrogen (secondary N) is 1. The summed E-state index contributed by atoms with van der Waals surface area (Å²) in [5.74, 6) is -0.790. The number of carbonyl (C=O) groups excluding carboxylic acids is 1. The van der Waals surface area contributed by atoms with E-state index in [0.717, 1.165) is 18.4 Å². The molecule has 2 aromatic rings. The van der Waals surface area contributed by atoms with Crippen molar-refractivity contribution < 1.29 is 13.6 Å². The van der Waals surface area contributed by atoms with E-state index in [4.69, 9.17) is 0 Å². The van der Waals surface area contributed by atoms with E-state index in [1.807, 2.05) is 0 Å². The maximum absolute atomic E-state index is 12.9. The van der Waals surface area contributed by atoms with Gasteiger partial charge in [0.15, 0.2) is 0 Å². The number of anilines is 1. The molecule has 1 aliphatic carbocycles. The highest BCUT2D eigenvalue weighted by molar-refractivity contribution is 6.01. The number of amides is 1. The third-order valence-corrected chi connectivity index (χ3v) is 3.68. The van der Waals surface area contributed by atoms with Gasteiger partial charge in [0.1, 0.15) is 11.6 Å². The first-order chi connectivity index (χ1) is 9.60. The van der Waals surface area contributed by atoms with E-state index in [2.05, 4.69) is 5.32 Å². The molecule has 102 valence electrons. The zero-order chi connectivity index (χ0) is 14.2.